The van der Waals surface area contributed by atoms with E-state index >= 15 is 0 Å². The van der Waals surface area contributed by atoms with Gasteiger partial charge in [-0.3, -0.25) is 4.84 Å². The lowest BCUT2D eigenvalue weighted by Gasteiger charge is -2.08. The molecule has 0 radical (unpaired) electrons. The van der Waals surface area contributed by atoms with Crippen molar-refractivity contribution in [2.75, 3.05) is 14.2 Å². The average molecular weight is 211 g/mol. The van der Waals surface area contributed by atoms with Crippen molar-refractivity contribution < 1.29 is 19.1 Å². The van der Waals surface area contributed by atoms with Crippen LogP contribution in [0.5, 0.6) is 5.75 Å². The Morgan fingerprint density at radius 1 is 1.40 bits per heavy atom. The number of nitrogens with two attached hydrogens (primary N) is 1. The summed E-state index contributed by atoms with van der Waals surface area (Å²) in [4.78, 5) is 15.7. The van der Waals surface area contributed by atoms with E-state index in [1.165, 1.54) is 14.2 Å². The van der Waals surface area contributed by atoms with Gasteiger partial charge in [0, 0.05) is 5.56 Å². The maximum absolute atomic E-state index is 11.2. The molecule has 0 saturated carbocycles. The minimum atomic E-state index is -0.407. The highest BCUT2D eigenvalue weighted by Crippen LogP contribution is 2.20. The number of ether oxygens (including phenoxy) is 2. The summed E-state index contributed by atoms with van der Waals surface area (Å²) < 4.78 is 9.67. The third-order valence-electron chi connectivity index (χ3n) is 1.94. The van der Waals surface area contributed by atoms with E-state index in [2.05, 4.69) is 9.57 Å². The van der Waals surface area contributed by atoms with Gasteiger partial charge in [-0.15, -0.1) is 0 Å². The fourth-order valence-electron chi connectivity index (χ4n) is 1.23. The molecule has 15 heavy (non-hydrogen) atoms. The monoisotopic (exact) mass is 211 g/mol. The molecule has 1 rings (SSSR count). The van der Waals surface area contributed by atoms with Crippen molar-refractivity contribution in [2.24, 2.45) is 5.90 Å². The second-order valence-corrected chi connectivity index (χ2v) is 2.83. The molecule has 0 aliphatic heterocycles. The van der Waals surface area contributed by atoms with Crippen molar-refractivity contribution in [2.45, 2.75) is 6.61 Å². The van der Waals surface area contributed by atoms with E-state index in [0.717, 1.165) is 0 Å². The lowest BCUT2D eigenvalue weighted by atomic mass is 10.1. The Labute approximate surface area is 87.7 Å². The number of hydrogen-bond acceptors (Lipinski definition) is 5. The number of esters is 1. The van der Waals surface area contributed by atoms with Crippen molar-refractivity contribution in [3.63, 3.8) is 0 Å². The van der Waals surface area contributed by atoms with E-state index in [9.17, 15) is 4.79 Å². The molecule has 0 aliphatic carbocycles. The largest absolute Gasteiger partial charge is 0.496 e. The molecule has 0 amide bonds. The number of hydrogen-bond donors (Lipinski definition) is 1. The van der Waals surface area contributed by atoms with Gasteiger partial charge in [-0.05, 0) is 18.2 Å². The van der Waals surface area contributed by atoms with Crippen molar-refractivity contribution >= 4 is 5.97 Å². The molecule has 0 aliphatic rings. The van der Waals surface area contributed by atoms with Crippen LogP contribution in [0.2, 0.25) is 0 Å². The third-order valence-corrected chi connectivity index (χ3v) is 1.94. The van der Waals surface area contributed by atoms with Gasteiger partial charge in [0.15, 0.2) is 0 Å². The second kappa shape index (κ2) is 5.33. The van der Waals surface area contributed by atoms with Crippen molar-refractivity contribution in [1.29, 1.82) is 0 Å². The molecule has 5 heteroatoms. The molecule has 1 aromatic carbocycles. The SMILES string of the molecule is COC(=O)c1ccc(OC)c(CON)c1. The number of benzene rings is 1. The van der Waals surface area contributed by atoms with Gasteiger partial charge in [0.05, 0.1) is 26.4 Å². The van der Waals surface area contributed by atoms with Crippen molar-refractivity contribution in [1.82, 2.24) is 0 Å². The van der Waals surface area contributed by atoms with Crippen LogP contribution in [-0.4, -0.2) is 20.2 Å². The predicted octanol–water partition coefficient (Wildman–Crippen LogP) is 0.872. The Hall–Kier alpha value is -1.59. The van der Waals surface area contributed by atoms with Crippen LogP contribution in [0.3, 0.4) is 0 Å². The molecule has 0 unspecified atom stereocenters. The van der Waals surface area contributed by atoms with Gasteiger partial charge in [0.25, 0.3) is 0 Å². The van der Waals surface area contributed by atoms with Gasteiger partial charge >= 0.3 is 5.97 Å². The molecule has 0 spiro atoms. The molecular formula is C10H13NO4. The van der Waals surface area contributed by atoms with Gasteiger partial charge in [0.2, 0.25) is 0 Å². The summed E-state index contributed by atoms with van der Waals surface area (Å²) in [6.45, 7) is 0.175. The summed E-state index contributed by atoms with van der Waals surface area (Å²) in [5, 5.41) is 0. The number of carbonyl (C=O) groups is 1. The number of carbonyl (C=O) groups excluding carboxylic acids is 1. The summed E-state index contributed by atoms with van der Waals surface area (Å²) >= 11 is 0. The fourth-order valence-corrected chi connectivity index (χ4v) is 1.23. The summed E-state index contributed by atoms with van der Waals surface area (Å²) in [5.74, 6) is 5.18. The molecule has 0 atom stereocenters. The molecule has 0 aromatic heterocycles. The normalized spacial score (nSPS) is 9.80. The van der Waals surface area contributed by atoms with Crippen LogP contribution in [0.15, 0.2) is 18.2 Å². The molecule has 0 bridgehead atoms. The van der Waals surface area contributed by atoms with Crippen LogP contribution in [0.25, 0.3) is 0 Å². The van der Waals surface area contributed by atoms with Crippen molar-refractivity contribution in [3.8, 4) is 5.75 Å². The quantitative estimate of drug-likeness (QED) is 0.591. The highest BCUT2D eigenvalue weighted by atomic mass is 16.6. The lowest BCUT2D eigenvalue weighted by molar-refractivity contribution is 0.0600. The Balaban J connectivity index is 3.04. The first kappa shape index (κ1) is 11.5. The molecule has 0 heterocycles. The van der Waals surface area contributed by atoms with Crippen molar-refractivity contribution in [3.05, 3.63) is 29.3 Å². The third kappa shape index (κ3) is 2.68. The summed E-state index contributed by atoms with van der Waals surface area (Å²) in [7, 11) is 2.86. The molecular weight excluding hydrogens is 198 g/mol. The maximum atomic E-state index is 11.2. The maximum Gasteiger partial charge on any atom is 0.337 e. The first-order chi connectivity index (χ1) is 7.22. The van der Waals surface area contributed by atoms with Gasteiger partial charge in [-0.25, -0.2) is 10.7 Å². The van der Waals surface area contributed by atoms with Crippen LogP contribution in [-0.2, 0) is 16.2 Å². The Morgan fingerprint density at radius 2 is 2.13 bits per heavy atom. The van der Waals surface area contributed by atoms with Crippen LogP contribution in [0, 0.1) is 0 Å². The molecule has 5 nitrogen and oxygen atoms in total. The number of methoxy groups -OCH3 is 2. The fraction of sp³-hybridized carbons (Fsp3) is 0.300. The van der Waals surface area contributed by atoms with E-state index in [-0.39, 0.29) is 6.61 Å². The highest BCUT2D eigenvalue weighted by molar-refractivity contribution is 5.89. The van der Waals surface area contributed by atoms with E-state index in [4.69, 9.17) is 10.6 Å². The topological polar surface area (TPSA) is 70.8 Å². The molecule has 1 aromatic rings. The number of rotatable bonds is 4. The van der Waals surface area contributed by atoms with Gasteiger partial charge in [0.1, 0.15) is 5.75 Å². The van der Waals surface area contributed by atoms with Gasteiger partial charge < -0.3 is 9.47 Å². The lowest BCUT2D eigenvalue weighted by Crippen LogP contribution is -2.05. The molecule has 0 fully saturated rings. The minimum Gasteiger partial charge on any atom is -0.496 e. The van der Waals surface area contributed by atoms with Gasteiger partial charge in [-0.2, -0.15) is 0 Å². The first-order valence-electron chi connectivity index (χ1n) is 4.29. The predicted molar refractivity (Wildman–Crippen MR) is 53.3 cm³/mol. The highest BCUT2D eigenvalue weighted by Gasteiger charge is 2.09. The summed E-state index contributed by atoms with van der Waals surface area (Å²) in [5.41, 5.74) is 1.13. The van der Waals surface area contributed by atoms with E-state index in [0.29, 0.717) is 16.9 Å². The Bertz CT molecular complexity index is 351. The Morgan fingerprint density at radius 3 is 2.67 bits per heavy atom. The van der Waals surface area contributed by atoms with Crippen LogP contribution in [0.4, 0.5) is 0 Å². The summed E-state index contributed by atoms with van der Waals surface area (Å²) in [6, 6.07) is 4.91. The van der Waals surface area contributed by atoms with Crippen LogP contribution >= 0.6 is 0 Å². The standard InChI is InChI=1S/C10H13NO4/c1-13-9-4-3-7(10(12)14-2)5-8(9)6-15-11/h3-5H,6,11H2,1-2H3. The minimum absolute atomic E-state index is 0.175. The van der Waals surface area contributed by atoms with E-state index in [1.807, 2.05) is 0 Å². The van der Waals surface area contributed by atoms with Gasteiger partial charge in [-0.1, -0.05) is 0 Å². The van der Waals surface area contributed by atoms with E-state index < -0.39 is 5.97 Å². The zero-order valence-electron chi connectivity index (χ0n) is 8.65. The first-order valence-corrected chi connectivity index (χ1v) is 4.29. The molecule has 0 saturated heterocycles. The summed E-state index contributed by atoms with van der Waals surface area (Å²) in [6.07, 6.45) is 0. The average Bonchev–Trinajstić information content (AvgIpc) is 2.28. The Kier molecular flexibility index (Phi) is 4.08. The second-order valence-electron chi connectivity index (χ2n) is 2.83. The molecule has 82 valence electrons. The van der Waals surface area contributed by atoms with Crippen LogP contribution < -0.4 is 10.6 Å². The van der Waals surface area contributed by atoms with E-state index in [1.54, 1.807) is 18.2 Å². The van der Waals surface area contributed by atoms with Crippen LogP contribution in [0.1, 0.15) is 15.9 Å². The molecule has 2 N–H and O–H groups in total. The zero-order valence-corrected chi connectivity index (χ0v) is 8.65. The smallest absolute Gasteiger partial charge is 0.337 e. The zero-order chi connectivity index (χ0) is 11.3.